The highest BCUT2D eigenvalue weighted by atomic mass is 15.0. The summed E-state index contributed by atoms with van der Waals surface area (Å²) in [7, 11) is 0. The third-order valence-corrected chi connectivity index (χ3v) is 2.90. The standard InChI is InChI=1S/C12H12N2/c1-2-4-10-9(3-1)7-13-8-11(10)12-5-6-14-12/h1-4,7-8,12,14H,5-6H2/t12-/m0/s1. The van der Waals surface area contributed by atoms with Crippen LogP contribution in [-0.4, -0.2) is 11.5 Å². The molecule has 70 valence electrons. The van der Waals surface area contributed by atoms with Crippen molar-refractivity contribution >= 4 is 10.8 Å². The van der Waals surface area contributed by atoms with Gasteiger partial charge in [0.1, 0.15) is 0 Å². The van der Waals surface area contributed by atoms with E-state index in [9.17, 15) is 0 Å². The maximum absolute atomic E-state index is 4.28. The van der Waals surface area contributed by atoms with E-state index in [1.807, 2.05) is 12.4 Å². The first kappa shape index (κ1) is 7.94. The molecule has 1 aromatic carbocycles. The topological polar surface area (TPSA) is 24.9 Å². The van der Waals surface area contributed by atoms with Crippen molar-refractivity contribution in [3.63, 3.8) is 0 Å². The lowest BCUT2D eigenvalue weighted by atomic mass is 9.95. The van der Waals surface area contributed by atoms with Crippen LogP contribution in [0.2, 0.25) is 0 Å². The van der Waals surface area contributed by atoms with Gasteiger partial charge in [-0.05, 0) is 23.9 Å². The molecule has 0 spiro atoms. The van der Waals surface area contributed by atoms with Gasteiger partial charge in [-0.3, -0.25) is 4.98 Å². The molecule has 1 saturated heterocycles. The predicted octanol–water partition coefficient (Wildman–Crippen LogP) is 2.27. The van der Waals surface area contributed by atoms with E-state index in [2.05, 4.69) is 34.6 Å². The number of pyridine rings is 1. The summed E-state index contributed by atoms with van der Waals surface area (Å²) in [5.41, 5.74) is 1.34. The van der Waals surface area contributed by atoms with Gasteiger partial charge < -0.3 is 5.32 Å². The Morgan fingerprint density at radius 2 is 2.07 bits per heavy atom. The molecule has 3 rings (SSSR count). The van der Waals surface area contributed by atoms with E-state index in [1.54, 1.807) is 0 Å². The molecule has 1 aromatic heterocycles. The number of hydrogen-bond acceptors (Lipinski definition) is 2. The monoisotopic (exact) mass is 184 g/mol. The van der Waals surface area contributed by atoms with E-state index >= 15 is 0 Å². The van der Waals surface area contributed by atoms with Crippen molar-refractivity contribution in [1.29, 1.82) is 0 Å². The van der Waals surface area contributed by atoms with E-state index in [1.165, 1.54) is 22.8 Å². The molecule has 2 heterocycles. The summed E-state index contributed by atoms with van der Waals surface area (Å²) in [5.74, 6) is 0. The van der Waals surface area contributed by atoms with Gasteiger partial charge in [-0.15, -0.1) is 0 Å². The summed E-state index contributed by atoms with van der Waals surface area (Å²) in [5, 5.41) is 5.98. The van der Waals surface area contributed by atoms with Crippen molar-refractivity contribution in [1.82, 2.24) is 10.3 Å². The molecule has 1 N–H and O–H groups in total. The highest BCUT2D eigenvalue weighted by Crippen LogP contribution is 2.28. The largest absolute Gasteiger partial charge is 0.310 e. The average Bonchev–Trinajstić information content (AvgIpc) is 2.16. The van der Waals surface area contributed by atoms with E-state index < -0.39 is 0 Å². The molecule has 0 saturated carbocycles. The Kier molecular flexibility index (Phi) is 1.74. The highest BCUT2D eigenvalue weighted by molar-refractivity contribution is 5.85. The Balaban J connectivity index is 2.22. The van der Waals surface area contributed by atoms with Gasteiger partial charge in [0, 0.05) is 23.8 Å². The van der Waals surface area contributed by atoms with Crippen molar-refractivity contribution in [3.05, 3.63) is 42.2 Å². The van der Waals surface area contributed by atoms with Gasteiger partial charge in [0.2, 0.25) is 0 Å². The molecule has 14 heavy (non-hydrogen) atoms. The predicted molar refractivity (Wildman–Crippen MR) is 57.1 cm³/mol. The molecule has 1 atom stereocenters. The van der Waals surface area contributed by atoms with E-state index in [-0.39, 0.29) is 0 Å². The van der Waals surface area contributed by atoms with Crippen LogP contribution in [0.15, 0.2) is 36.7 Å². The third kappa shape index (κ3) is 1.11. The number of benzene rings is 1. The number of nitrogens with one attached hydrogen (secondary N) is 1. The van der Waals surface area contributed by atoms with Crippen LogP contribution in [0.25, 0.3) is 10.8 Å². The van der Waals surface area contributed by atoms with Gasteiger partial charge in [-0.1, -0.05) is 24.3 Å². The summed E-state index contributed by atoms with van der Waals surface area (Å²) in [6.07, 6.45) is 5.15. The number of hydrogen-bond donors (Lipinski definition) is 1. The molecular weight excluding hydrogens is 172 g/mol. The van der Waals surface area contributed by atoms with Crippen LogP contribution in [0.4, 0.5) is 0 Å². The van der Waals surface area contributed by atoms with Crippen molar-refractivity contribution in [3.8, 4) is 0 Å². The Hall–Kier alpha value is -1.41. The smallest absolute Gasteiger partial charge is 0.0353 e. The molecule has 0 unspecified atom stereocenters. The summed E-state index contributed by atoms with van der Waals surface area (Å²) < 4.78 is 0. The minimum absolute atomic E-state index is 0.522. The van der Waals surface area contributed by atoms with Crippen molar-refractivity contribution in [2.24, 2.45) is 0 Å². The maximum Gasteiger partial charge on any atom is 0.0353 e. The van der Waals surface area contributed by atoms with Gasteiger partial charge in [0.05, 0.1) is 0 Å². The van der Waals surface area contributed by atoms with Crippen molar-refractivity contribution < 1.29 is 0 Å². The maximum atomic E-state index is 4.28. The first-order valence-corrected chi connectivity index (χ1v) is 5.01. The van der Waals surface area contributed by atoms with Crippen LogP contribution < -0.4 is 5.32 Å². The number of fused-ring (bicyclic) bond motifs is 1. The fraction of sp³-hybridized carbons (Fsp3) is 0.250. The highest BCUT2D eigenvalue weighted by Gasteiger charge is 2.20. The summed E-state index contributed by atoms with van der Waals surface area (Å²) in [6, 6.07) is 8.96. The first-order valence-electron chi connectivity index (χ1n) is 5.01. The Morgan fingerprint density at radius 1 is 1.21 bits per heavy atom. The van der Waals surface area contributed by atoms with Crippen LogP contribution >= 0.6 is 0 Å². The molecule has 2 aromatic rings. The average molecular weight is 184 g/mol. The quantitative estimate of drug-likeness (QED) is 0.735. The minimum Gasteiger partial charge on any atom is -0.310 e. The second-order valence-corrected chi connectivity index (χ2v) is 3.75. The van der Waals surface area contributed by atoms with E-state index in [0.717, 1.165) is 6.54 Å². The van der Waals surface area contributed by atoms with Crippen LogP contribution in [0, 0.1) is 0 Å². The number of aromatic nitrogens is 1. The molecule has 0 bridgehead atoms. The zero-order valence-electron chi connectivity index (χ0n) is 7.90. The molecule has 1 aliphatic rings. The lowest BCUT2D eigenvalue weighted by molar-refractivity contribution is 0.385. The van der Waals surface area contributed by atoms with Gasteiger partial charge in [0.15, 0.2) is 0 Å². The van der Waals surface area contributed by atoms with Crippen LogP contribution in [0.3, 0.4) is 0 Å². The minimum atomic E-state index is 0.522. The lowest BCUT2D eigenvalue weighted by Crippen LogP contribution is -2.35. The fourth-order valence-electron chi connectivity index (χ4n) is 1.97. The molecular formula is C12H12N2. The first-order chi connectivity index (χ1) is 6.95. The van der Waals surface area contributed by atoms with Gasteiger partial charge in [0.25, 0.3) is 0 Å². The van der Waals surface area contributed by atoms with Crippen molar-refractivity contribution in [2.45, 2.75) is 12.5 Å². The van der Waals surface area contributed by atoms with Gasteiger partial charge >= 0.3 is 0 Å². The molecule has 1 aliphatic heterocycles. The van der Waals surface area contributed by atoms with E-state index in [0.29, 0.717) is 6.04 Å². The molecule has 0 radical (unpaired) electrons. The number of nitrogens with zero attached hydrogens (tertiary/aromatic N) is 1. The van der Waals surface area contributed by atoms with Gasteiger partial charge in [-0.2, -0.15) is 0 Å². The molecule has 2 heteroatoms. The summed E-state index contributed by atoms with van der Waals surface area (Å²) in [6.45, 7) is 1.13. The van der Waals surface area contributed by atoms with Crippen LogP contribution in [0.5, 0.6) is 0 Å². The van der Waals surface area contributed by atoms with Crippen molar-refractivity contribution in [2.75, 3.05) is 6.54 Å². The zero-order chi connectivity index (χ0) is 9.38. The Morgan fingerprint density at radius 3 is 2.86 bits per heavy atom. The molecule has 0 amide bonds. The Bertz CT molecular complexity index is 455. The van der Waals surface area contributed by atoms with E-state index in [4.69, 9.17) is 0 Å². The van der Waals surface area contributed by atoms with Gasteiger partial charge in [-0.25, -0.2) is 0 Å². The molecule has 0 aliphatic carbocycles. The lowest BCUT2D eigenvalue weighted by Gasteiger charge is -2.28. The molecule has 1 fully saturated rings. The Labute approximate surface area is 83.0 Å². The normalized spacial score (nSPS) is 20.7. The third-order valence-electron chi connectivity index (χ3n) is 2.90. The summed E-state index contributed by atoms with van der Waals surface area (Å²) >= 11 is 0. The molecule has 2 nitrogen and oxygen atoms in total. The second-order valence-electron chi connectivity index (χ2n) is 3.75. The van der Waals surface area contributed by atoms with Crippen LogP contribution in [-0.2, 0) is 0 Å². The zero-order valence-corrected chi connectivity index (χ0v) is 7.90. The van der Waals surface area contributed by atoms with Crippen LogP contribution in [0.1, 0.15) is 18.0 Å². The SMILES string of the molecule is c1ccc2c([C@@H]3CCN3)cncc2c1. The number of rotatable bonds is 1. The fourth-order valence-corrected chi connectivity index (χ4v) is 1.97. The second kappa shape index (κ2) is 3.07. The summed E-state index contributed by atoms with van der Waals surface area (Å²) in [4.78, 5) is 4.28.